The van der Waals surface area contributed by atoms with E-state index < -0.39 is 52.5 Å². The van der Waals surface area contributed by atoms with Crippen LogP contribution in [0.2, 0.25) is 0 Å². The molecule has 0 aromatic heterocycles. The molecule has 2 amide bonds. The van der Waals surface area contributed by atoms with Crippen LogP contribution in [0.25, 0.3) is 0 Å². The Balaban J connectivity index is 4.41. The largest absolute Gasteiger partial charge is 0.481 e. The number of aliphatic carboxylic acids is 1. The lowest BCUT2D eigenvalue weighted by atomic mass is 10.2. The van der Waals surface area contributed by atoms with Gasteiger partial charge in [0.05, 0.1) is 6.42 Å². The molecule has 9 nitrogen and oxygen atoms in total. The topological polar surface area (TPSA) is 164 Å². The highest BCUT2D eigenvalue weighted by molar-refractivity contribution is 7.85. The molecule has 10 heteroatoms. The quantitative estimate of drug-likeness (QED) is 0.377. The molecule has 0 spiro atoms. The molecule has 0 unspecified atom stereocenters. The molecular weight excluding hydrogens is 256 g/mol. The number of carboxylic acids is 1. The first-order valence-corrected chi connectivity index (χ1v) is 5.98. The summed E-state index contributed by atoms with van der Waals surface area (Å²) in [4.78, 5) is 32.0. The average Bonchev–Trinajstić information content (AvgIpc) is 2.11. The number of primary amides is 1. The first-order valence-electron chi connectivity index (χ1n) is 4.37. The Hall–Kier alpha value is -1.68. The first-order chi connectivity index (χ1) is 7.61. The van der Waals surface area contributed by atoms with Crippen LogP contribution in [-0.2, 0) is 24.5 Å². The Morgan fingerprint density at radius 3 is 2.12 bits per heavy atom. The number of amides is 2. The van der Waals surface area contributed by atoms with Gasteiger partial charge in [-0.25, -0.2) is 0 Å². The van der Waals surface area contributed by atoms with Crippen LogP contribution >= 0.6 is 0 Å². The van der Waals surface area contributed by atoms with Crippen LogP contribution in [0.1, 0.15) is 12.8 Å². The summed E-state index contributed by atoms with van der Waals surface area (Å²) in [6, 6.07) is -1.59. The Kier molecular flexibility index (Phi) is 5.55. The lowest BCUT2D eigenvalue weighted by Gasteiger charge is -2.13. The first kappa shape index (κ1) is 15.3. The predicted octanol–water partition coefficient (Wildman–Crippen LogP) is -2.29. The van der Waals surface area contributed by atoms with Gasteiger partial charge in [-0.15, -0.1) is 0 Å². The van der Waals surface area contributed by atoms with Crippen molar-refractivity contribution in [2.24, 2.45) is 5.73 Å². The maximum atomic E-state index is 11.1. The second-order valence-electron chi connectivity index (χ2n) is 3.16. The Bertz CT molecular complexity index is 416. The van der Waals surface area contributed by atoms with Crippen LogP contribution < -0.4 is 11.1 Å². The zero-order chi connectivity index (χ0) is 13.6. The number of rotatable bonds is 7. The molecule has 0 aliphatic rings. The van der Waals surface area contributed by atoms with E-state index in [0.717, 1.165) is 0 Å². The van der Waals surface area contributed by atoms with Gasteiger partial charge in [0.25, 0.3) is 10.1 Å². The summed E-state index contributed by atoms with van der Waals surface area (Å²) >= 11 is 0. The van der Waals surface area contributed by atoms with E-state index in [1.165, 1.54) is 0 Å². The van der Waals surface area contributed by atoms with E-state index in [0.29, 0.717) is 0 Å². The van der Waals surface area contributed by atoms with Crippen LogP contribution in [0.15, 0.2) is 0 Å². The third-order valence-corrected chi connectivity index (χ3v) is 2.38. The van der Waals surface area contributed by atoms with E-state index in [-0.39, 0.29) is 0 Å². The maximum absolute atomic E-state index is 11.1. The van der Waals surface area contributed by atoms with Crippen molar-refractivity contribution in [1.29, 1.82) is 0 Å². The number of carbonyl (C=O) groups excluding carboxylic acids is 2. The second-order valence-corrected chi connectivity index (χ2v) is 4.66. The van der Waals surface area contributed by atoms with E-state index >= 15 is 0 Å². The number of hydrogen-bond donors (Lipinski definition) is 4. The monoisotopic (exact) mass is 268 g/mol. The third kappa shape index (κ3) is 8.16. The summed E-state index contributed by atoms with van der Waals surface area (Å²) in [7, 11) is -4.48. The van der Waals surface area contributed by atoms with Crippen molar-refractivity contribution in [1.82, 2.24) is 5.32 Å². The molecule has 0 saturated heterocycles. The van der Waals surface area contributed by atoms with E-state index in [2.05, 4.69) is 0 Å². The molecule has 0 aliphatic heterocycles. The van der Waals surface area contributed by atoms with Gasteiger partial charge in [0.15, 0.2) is 0 Å². The fourth-order valence-electron chi connectivity index (χ4n) is 0.893. The van der Waals surface area contributed by atoms with Crippen molar-refractivity contribution in [2.45, 2.75) is 18.9 Å². The van der Waals surface area contributed by atoms with Crippen LogP contribution in [-0.4, -0.2) is 47.7 Å². The highest BCUT2D eigenvalue weighted by Crippen LogP contribution is 1.94. The van der Waals surface area contributed by atoms with E-state index in [1.54, 1.807) is 0 Å². The molecular formula is C7H12N2O7S. The standard InChI is InChI=1S/C7H12N2O7S/c8-7(13)4(3-17(14,15)16)9-5(10)1-2-6(11)12/h4H,1-3H2,(H2,8,13)(H,9,10)(H,11,12)(H,14,15,16)/t4-/m1/s1. The summed E-state index contributed by atoms with van der Waals surface area (Å²) < 4.78 is 29.5. The fraction of sp³-hybridized carbons (Fsp3) is 0.571. The van der Waals surface area contributed by atoms with Crippen LogP contribution in [0.5, 0.6) is 0 Å². The van der Waals surface area contributed by atoms with Crippen LogP contribution in [0.4, 0.5) is 0 Å². The molecule has 0 aromatic rings. The minimum absolute atomic E-state index is 0.426. The van der Waals surface area contributed by atoms with Gasteiger partial charge in [-0.1, -0.05) is 0 Å². The maximum Gasteiger partial charge on any atom is 0.303 e. The van der Waals surface area contributed by atoms with Gasteiger partial charge in [0, 0.05) is 6.42 Å². The lowest BCUT2D eigenvalue weighted by molar-refractivity contribution is -0.139. The molecule has 0 fully saturated rings. The molecule has 0 heterocycles. The molecule has 17 heavy (non-hydrogen) atoms. The van der Waals surface area contributed by atoms with Crippen molar-refractivity contribution >= 4 is 27.9 Å². The molecule has 0 aliphatic carbocycles. The van der Waals surface area contributed by atoms with Gasteiger partial charge >= 0.3 is 5.97 Å². The Morgan fingerprint density at radius 1 is 1.24 bits per heavy atom. The van der Waals surface area contributed by atoms with E-state index in [1.807, 2.05) is 5.32 Å². The molecule has 0 rings (SSSR count). The van der Waals surface area contributed by atoms with Crippen LogP contribution in [0, 0.1) is 0 Å². The molecule has 0 saturated carbocycles. The molecule has 0 radical (unpaired) electrons. The minimum Gasteiger partial charge on any atom is -0.481 e. The van der Waals surface area contributed by atoms with Crippen molar-refractivity contribution in [3.8, 4) is 0 Å². The molecule has 5 N–H and O–H groups in total. The van der Waals surface area contributed by atoms with Crippen molar-refractivity contribution in [2.75, 3.05) is 5.75 Å². The van der Waals surface area contributed by atoms with Gasteiger partial charge in [-0.2, -0.15) is 8.42 Å². The van der Waals surface area contributed by atoms with E-state index in [9.17, 15) is 22.8 Å². The zero-order valence-electron chi connectivity index (χ0n) is 8.62. The summed E-state index contributed by atoms with van der Waals surface area (Å²) in [5.74, 6) is -4.27. The Morgan fingerprint density at radius 2 is 1.76 bits per heavy atom. The van der Waals surface area contributed by atoms with E-state index in [4.69, 9.17) is 15.4 Å². The highest BCUT2D eigenvalue weighted by atomic mass is 32.2. The van der Waals surface area contributed by atoms with Crippen molar-refractivity contribution in [3.63, 3.8) is 0 Å². The van der Waals surface area contributed by atoms with Crippen LogP contribution in [0.3, 0.4) is 0 Å². The normalized spacial score (nSPS) is 12.8. The molecule has 0 bridgehead atoms. The highest BCUT2D eigenvalue weighted by Gasteiger charge is 2.24. The second kappa shape index (κ2) is 6.15. The summed E-state index contributed by atoms with van der Waals surface area (Å²) in [6.45, 7) is 0. The average molecular weight is 268 g/mol. The number of nitrogens with two attached hydrogens (primary N) is 1. The molecule has 98 valence electrons. The summed E-state index contributed by atoms with van der Waals surface area (Å²) in [5.41, 5.74) is 4.80. The molecule has 1 atom stereocenters. The minimum atomic E-state index is -4.48. The Labute approximate surface area is 96.7 Å². The lowest BCUT2D eigenvalue weighted by Crippen LogP contribution is -2.48. The van der Waals surface area contributed by atoms with Gasteiger partial charge in [-0.3, -0.25) is 18.9 Å². The SMILES string of the molecule is NC(=O)[C@@H](CS(=O)(=O)O)NC(=O)CCC(=O)O. The summed E-state index contributed by atoms with van der Waals surface area (Å²) in [5, 5.41) is 10.2. The third-order valence-electron chi connectivity index (χ3n) is 1.62. The molecule has 0 aromatic carbocycles. The number of hydrogen-bond acceptors (Lipinski definition) is 5. The predicted molar refractivity (Wildman–Crippen MR) is 54.4 cm³/mol. The van der Waals surface area contributed by atoms with Gasteiger partial charge < -0.3 is 16.2 Å². The smallest absolute Gasteiger partial charge is 0.303 e. The number of carboxylic acid groups (broad SMARTS) is 1. The van der Waals surface area contributed by atoms with Crippen molar-refractivity contribution in [3.05, 3.63) is 0 Å². The van der Waals surface area contributed by atoms with Gasteiger partial charge in [0.2, 0.25) is 11.8 Å². The number of carbonyl (C=O) groups is 3. The van der Waals surface area contributed by atoms with Gasteiger partial charge in [-0.05, 0) is 0 Å². The zero-order valence-corrected chi connectivity index (χ0v) is 9.44. The summed E-state index contributed by atoms with van der Waals surface area (Å²) in [6.07, 6.45) is -0.895. The number of nitrogens with one attached hydrogen (secondary N) is 1. The van der Waals surface area contributed by atoms with Crippen molar-refractivity contribution < 1.29 is 32.5 Å². The fourth-order valence-corrected chi connectivity index (χ4v) is 1.56. The van der Waals surface area contributed by atoms with Gasteiger partial charge in [0.1, 0.15) is 11.8 Å².